The van der Waals surface area contributed by atoms with Gasteiger partial charge in [-0.15, -0.1) is 0 Å². The van der Waals surface area contributed by atoms with Crippen LogP contribution in [-0.2, 0) is 0 Å². The Morgan fingerprint density at radius 1 is 1.53 bits per heavy atom. The molecule has 1 aromatic rings. The van der Waals surface area contributed by atoms with Crippen molar-refractivity contribution >= 4 is 23.1 Å². The molecule has 0 spiro atoms. The number of nitrogens with zero attached hydrogens (tertiary/aromatic N) is 2. The predicted molar refractivity (Wildman–Crippen MR) is 70.0 cm³/mol. The van der Waals surface area contributed by atoms with E-state index in [-0.39, 0.29) is 5.84 Å². The van der Waals surface area contributed by atoms with Crippen LogP contribution >= 0.6 is 11.6 Å². The van der Waals surface area contributed by atoms with Gasteiger partial charge in [-0.3, -0.25) is 0 Å². The van der Waals surface area contributed by atoms with E-state index in [1.165, 1.54) is 19.3 Å². The van der Waals surface area contributed by atoms with Crippen molar-refractivity contribution < 1.29 is 5.21 Å². The van der Waals surface area contributed by atoms with Gasteiger partial charge in [-0.2, -0.15) is 0 Å². The van der Waals surface area contributed by atoms with Crippen molar-refractivity contribution in [1.29, 1.82) is 0 Å². The molecule has 4 nitrogen and oxygen atoms in total. The second-order valence-corrected chi connectivity index (χ2v) is 4.78. The Morgan fingerprint density at radius 3 is 2.76 bits per heavy atom. The van der Waals surface area contributed by atoms with Gasteiger partial charge in [-0.05, 0) is 37.5 Å². The summed E-state index contributed by atoms with van der Waals surface area (Å²) in [4.78, 5) is 2.16. The third-order valence-electron chi connectivity index (χ3n) is 3.35. The Hall–Kier alpha value is -1.42. The summed E-state index contributed by atoms with van der Waals surface area (Å²) < 4.78 is 0. The lowest BCUT2D eigenvalue weighted by molar-refractivity contribution is 0.318. The van der Waals surface area contributed by atoms with Gasteiger partial charge in [-0.25, -0.2) is 0 Å². The summed E-state index contributed by atoms with van der Waals surface area (Å²) in [6, 6.07) is 5.90. The van der Waals surface area contributed by atoms with E-state index in [9.17, 15) is 0 Å². The third-order valence-corrected chi connectivity index (χ3v) is 3.58. The van der Waals surface area contributed by atoms with Crippen LogP contribution in [0.2, 0.25) is 5.02 Å². The first-order valence-electron chi connectivity index (χ1n) is 5.63. The topological polar surface area (TPSA) is 61.8 Å². The van der Waals surface area contributed by atoms with Crippen LogP contribution in [0.25, 0.3) is 0 Å². The average molecular weight is 254 g/mol. The Balaban J connectivity index is 2.38. The normalized spacial score (nSPS) is 16.7. The molecular formula is C12H16ClN3O. The Bertz CT molecular complexity index is 443. The number of hydrogen-bond acceptors (Lipinski definition) is 3. The maximum atomic E-state index is 8.78. The Labute approximate surface area is 106 Å². The van der Waals surface area contributed by atoms with E-state index in [4.69, 9.17) is 22.5 Å². The number of nitrogens with two attached hydrogens (primary N) is 1. The van der Waals surface area contributed by atoms with Crippen molar-refractivity contribution in [2.75, 3.05) is 11.9 Å². The molecule has 0 saturated heterocycles. The molecule has 0 heterocycles. The fourth-order valence-electron chi connectivity index (χ4n) is 2.04. The number of rotatable bonds is 3. The van der Waals surface area contributed by atoms with Crippen LogP contribution in [0.5, 0.6) is 0 Å². The summed E-state index contributed by atoms with van der Waals surface area (Å²) in [6.45, 7) is 0. The SMILES string of the molecule is CN(c1cc(Cl)ccc1/C(N)=N/O)C1CCC1. The number of hydrogen-bond donors (Lipinski definition) is 2. The first-order valence-corrected chi connectivity index (χ1v) is 6.01. The van der Waals surface area contributed by atoms with Gasteiger partial charge in [-0.1, -0.05) is 16.8 Å². The van der Waals surface area contributed by atoms with Crippen molar-refractivity contribution in [2.24, 2.45) is 10.9 Å². The van der Waals surface area contributed by atoms with Gasteiger partial charge in [0.2, 0.25) is 0 Å². The van der Waals surface area contributed by atoms with Crippen molar-refractivity contribution in [3.05, 3.63) is 28.8 Å². The highest BCUT2D eigenvalue weighted by Crippen LogP contribution is 2.31. The third kappa shape index (κ3) is 2.31. The highest BCUT2D eigenvalue weighted by Gasteiger charge is 2.24. The van der Waals surface area contributed by atoms with Crippen molar-refractivity contribution in [3.63, 3.8) is 0 Å². The van der Waals surface area contributed by atoms with Crippen molar-refractivity contribution in [2.45, 2.75) is 25.3 Å². The monoisotopic (exact) mass is 253 g/mol. The molecule has 0 amide bonds. The summed E-state index contributed by atoms with van der Waals surface area (Å²) in [5, 5.41) is 12.5. The van der Waals surface area contributed by atoms with E-state index in [1.54, 1.807) is 12.1 Å². The van der Waals surface area contributed by atoms with E-state index < -0.39 is 0 Å². The van der Waals surface area contributed by atoms with Crippen molar-refractivity contribution in [3.8, 4) is 0 Å². The minimum Gasteiger partial charge on any atom is -0.409 e. The van der Waals surface area contributed by atoms with Gasteiger partial charge in [0.05, 0.1) is 0 Å². The molecule has 0 aliphatic heterocycles. The first kappa shape index (κ1) is 12.0. The highest BCUT2D eigenvalue weighted by atomic mass is 35.5. The summed E-state index contributed by atoms with van der Waals surface area (Å²) >= 11 is 6.00. The second kappa shape index (κ2) is 4.84. The summed E-state index contributed by atoms with van der Waals surface area (Å²) in [6.07, 6.45) is 3.62. The van der Waals surface area contributed by atoms with E-state index in [0.717, 1.165) is 5.69 Å². The smallest absolute Gasteiger partial charge is 0.172 e. The van der Waals surface area contributed by atoms with Crippen LogP contribution in [-0.4, -0.2) is 24.1 Å². The molecule has 0 unspecified atom stereocenters. The lowest BCUT2D eigenvalue weighted by atomic mass is 9.91. The fraction of sp³-hybridized carbons (Fsp3) is 0.417. The first-order chi connectivity index (χ1) is 8.13. The molecule has 3 N–H and O–H groups in total. The van der Waals surface area contributed by atoms with E-state index in [1.807, 2.05) is 13.1 Å². The molecule has 2 rings (SSSR count). The largest absolute Gasteiger partial charge is 0.409 e. The zero-order chi connectivity index (χ0) is 12.4. The number of oxime groups is 1. The molecule has 1 fully saturated rings. The van der Waals surface area contributed by atoms with Crippen LogP contribution in [0.1, 0.15) is 24.8 Å². The minimum absolute atomic E-state index is 0.114. The average Bonchev–Trinajstić information content (AvgIpc) is 2.25. The lowest BCUT2D eigenvalue weighted by Crippen LogP contribution is -2.38. The molecule has 0 radical (unpaired) electrons. The molecular weight excluding hydrogens is 238 g/mol. The molecule has 5 heteroatoms. The molecule has 0 aromatic heterocycles. The molecule has 0 atom stereocenters. The molecule has 17 heavy (non-hydrogen) atoms. The highest BCUT2D eigenvalue weighted by molar-refractivity contribution is 6.31. The maximum Gasteiger partial charge on any atom is 0.172 e. The van der Waals surface area contributed by atoms with E-state index in [2.05, 4.69) is 10.1 Å². The van der Waals surface area contributed by atoms with Gasteiger partial charge in [0, 0.05) is 29.4 Å². The number of anilines is 1. The lowest BCUT2D eigenvalue weighted by Gasteiger charge is -2.37. The fourth-order valence-corrected chi connectivity index (χ4v) is 2.20. The zero-order valence-corrected chi connectivity index (χ0v) is 10.5. The maximum absolute atomic E-state index is 8.78. The van der Waals surface area contributed by atoms with Crippen molar-refractivity contribution in [1.82, 2.24) is 0 Å². The number of benzene rings is 1. The van der Waals surface area contributed by atoms with Gasteiger partial charge in [0.25, 0.3) is 0 Å². The van der Waals surface area contributed by atoms with Gasteiger partial charge in [0.15, 0.2) is 5.84 Å². The van der Waals surface area contributed by atoms with Gasteiger partial charge in [0.1, 0.15) is 0 Å². The minimum atomic E-state index is 0.114. The number of halogens is 1. The Morgan fingerprint density at radius 2 is 2.24 bits per heavy atom. The summed E-state index contributed by atoms with van der Waals surface area (Å²) in [5.74, 6) is 0.114. The van der Waals surface area contributed by atoms with Crippen LogP contribution < -0.4 is 10.6 Å². The number of amidine groups is 1. The zero-order valence-electron chi connectivity index (χ0n) is 9.73. The molecule has 92 valence electrons. The van der Waals surface area contributed by atoms with Gasteiger partial charge < -0.3 is 15.8 Å². The van der Waals surface area contributed by atoms with Crippen LogP contribution in [0.15, 0.2) is 23.4 Å². The van der Waals surface area contributed by atoms with Crippen LogP contribution in [0.4, 0.5) is 5.69 Å². The molecule has 1 aliphatic carbocycles. The summed E-state index contributed by atoms with van der Waals surface area (Å²) in [7, 11) is 2.02. The molecule has 1 aromatic carbocycles. The second-order valence-electron chi connectivity index (χ2n) is 4.34. The quantitative estimate of drug-likeness (QED) is 0.376. The van der Waals surface area contributed by atoms with E-state index in [0.29, 0.717) is 16.6 Å². The molecule has 1 aliphatic rings. The van der Waals surface area contributed by atoms with Crippen LogP contribution in [0, 0.1) is 0 Å². The van der Waals surface area contributed by atoms with Gasteiger partial charge >= 0.3 is 0 Å². The standard InChI is InChI=1S/C12H16ClN3O/c1-16(9-3-2-4-9)11-7-8(13)5-6-10(11)12(14)15-17/h5-7,9,17H,2-4H2,1H3,(H2,14,15). The van der Waals surface area contributed by atoms with Crippen LogP contribution in [0.3, 0.4) is 0 Å². The van der Waals surface area contributed by atoms with E-state index >= 15 is 0 Å². The Kier molecular flexibility index (Phi) is 3.43. The predicted octanol–water partition coefficient (Wildman–Crippen LogP) is 2.42. The summed E-state index contributed by atoms with van der Waals surface area (Å²) in [5.41, 5.74) is 7.30. The molecule has 1 saturated carbocycles. The molecule has 0 bridgehead atoms.